The van der Waals surface area contributed by atoms with Gasteiger partial charge in [0.2, 0.25) is 10.0 Å². The average Bonchev–Trinajstić information content (AvgIpc) is 3.17. The van der Waals surface area contributed by atoms with E-state index < -0.39 is 22.1 Å². The van der Waals surface area contributed by atoms with Gasteiger partial charge in [0.25, 0.3) is 0 Å². The van der Waals surface area contributed by atoms with Gasteiger partial charge in [-0.15, -0.1) is 13.2 Å². The third kappa shape index (κ3) is 5.86. The van der Waals surface area contributed by atoms with Crippen molar-refractivity contribution in [2.24, 2.45) is 0 Å². The first-order valence-corrected chi connectivity index (χ1v) is 11.9. The highest BCUT2D eigenvalue weighted by Crippen LogP contribution is 2.28. The first-order valence-electron chi connectivity index (χ1n) is 10.0. The van der Waals surface area contributed by atoms with Gasteiger partial charge < -0.3 is 10.1 Å². The van der Waals surface area contributed by atoms with Crippen molar-refractivity contribution in [3.05, 3.63) is 65.8 Å². The van der Waals surface area contributed by atoms with Crippen LogP contribution in [0.1, 0.15) is 0 Å². The number of sulfonamides is 1. The minimum absolute atomic E-state index is 0.0366. The summed E-state index contributed by atoms with van der Waals surface area (Å²) in [6.07, 6.45) is -3.42. The number of nitrogens with one attached hydrogen (secondary N) is 2. The van der Waals surface area contributed by atoms with Crippen molar-refractivity contribution in [1.29, 1.82) is 0 Å². The lowest BCUT2D eigenvalue weighted by Gasteiger charge is -2.13. The minimum Gasteiger partial charge on any atom is -0.406 e. The molecule has 2 aromatic heterocycles. The van der Waals surface area contributed by atoms with Crippen LogP contribution in [0.2, 0.25) is 5.02 Å². The van der Waals surface area contributed by atoms with Gasteiger partial charge in [-0.1, -0.05) is 29.8 Å². The topological polar surface area (TPSA) is 97.6 Å². The summed E-state index contributed by atoms with van der Waals surface area (Å²) < 4.78 is 69.4. The Hall–Kier alpha value is -3.29. The largest absolute Gasteiger partial charge is 0.573 e. The maximum absolute atomic E-state index is 12.5. The van der Waals surface area contributed by atoms with Crippen LogP contribution in [0.15, 0.2) is 65.7 Å². The lowest BCUT2D eigenvalue weighted by atomic mass is 10.0. The van der Waals surface area contributed by atoms with Crippen molar-refractivity contribution in [3.8, 4) is 17.0 Å². The second-order valence-corrected chi connectivity index (χ2v) is 9.36. The lowest BCUT2D eigenvalue weighted by molar-refractivity contribution is -0.274. The Bertz CT molecular complexity index is 1460. The molecule has 2 heterocycles. The monoisotopic (exact) mass is 521 g/mol. The summed E-state index contributed by atoms with van der Waals surface area (Å²) in [6.45, 7) is 0.112. The van der Waals surface area contributed by atoms with E-state index in [2.05, 4.69) is 24.9 Å². The van der Waals surface area contributed by atoms with E-state index in [1.165, 1.54) is 10.7 Å². The molecule has 0 amide bonds. The molecule has 4 rings (SSSR count). The SMILES string of the molecule is [B]c1cnn2c(NCCNS(=O)(=O)c3ccc(OC(F)(F)F)cc3)cc(-c3ccccc3Cl)nc12. The molecule has 14 heteroatoms. The molecular weight excluding hydrogens is 506 g/mol. The fourth-order valence-electron chi connectivity index (χ4n) is 3.19. The third-order valence-electron chi connectivity index (χ3n) is 4.74. The van der Waals surface area contributed by atoms with Crippen molar-refractivity contribution in [2.75, 3.05) is 18.4 Å². The second-order valence-electron chi connectivity index (χ2n) is 7.19. The highest BCUT2D eigenvalue weighted by Gasteiger charge is 2.31. The number of rotatable bonds is 8. The van der Waals surface area contributed by atoms with Crippen molar-refractivity contribution in [2.45, 2.75) is 11.3 Å². The van der Waals surface area contributed by atoms with E-state index in [4.69, 9.17) is 19.4 Å². The van der Waals surface area contributed by atoms with Gasteiger partial charge in [-0.2, -0.15) is 9.61 Å². The molecule has 0 aliphatic carbocycles. The molecule has 4 aromatic rings. The highest BCUT2D eigenvalue weighted by atomic mass is 35.5. The number of halogens is 4. The summed E-state index contributed by atoms with van der Waals surface area (Å²) in [5.74, 6) is -0.0258. The Morgan fingerprint density at radius 2 is 1.80 bits per heavy atom. The Morgan fingerprint density at radius 3 is 2.49 bits per heavy atom. The summed E-state index contributed by atoms with van der Waals surface area (Å²) >= 11 is 6.30. The van der Waals surface area contributed by atoms with Crippen LogP contribution >= 0.6 is 11.6 Å². The molecule has 0 atom stereocenters. The molecule has 8 nitrogen and oxygen atoms in total. The summed E-state index contributed by atoms with van der Waals surface area (Å²) in [5.41, 5.74) is 1.96. The Labute approximate surface area is 204 Å². The van der Waals surface area contributed by atoms with Gasteiger partial charge in [-0.25, -0.2) is 18.1 Å². The van der Waals surface area contributed by atoms with Crippen LogP contribution in [0.4, 0.5) is 19.0 Å². The predicted octanol–water partition coefficient (Wildman–Crippen LogP) is 3.13. The maximum atomic E-state index is 12.5. The average molecular weight is 522 g/mol. The number of aromatic nitrogens is 3. The number of benzene rings is 2. The number of hydrogen-bond donors (Lipinski definition) is 2. The summed E-state index contributed by atoms with van der Waals surface area (Å²) in [5, 5.41) is 7.76. The molecule has 0 fully saturated rings. The van der Waals surface area contributed by atoms with Crippen LogP contribution in [0.25, 0.3) is 16.9 Å². The van der Waals surface area contributed by atoms with Gasteiger partial charge in [0.15, 0.2) is 5.65 Å². The van der Waals surface area contributed by atoms with Gasteiger partial charge in [-0.3, -0.25) is 0 Å². The van der Waals surface area contributed by atoms with Crippen molar-refractivity contribution in [1.82, 2.24) is 19.3 Å². The number of alkyl halides is 3. The van der Waals surface area contributed by atoms with E-state index in [9.17, 15) is 21.6 Å². The smallest absolute Gasteiger partial charge is 0.406 e. The Kier molecular flexibility index (Phi) is 6.92. The van der Waals surface area contributed by atoms with E-state index in [0.717, 1.165) is 24.3 Å². The molecule has 2 N–H and O–H groups in total. The zero-order chi connectivity index (χ0) is 25.2. The molecule has 2 aromatic carbocycles. The molecule has 35 heavy (non-hydrogen) atoms. The van der Waals surface area contributed by atoms with E-state index in [1.807, 2.05) is 6.07 Å². The molecule has 0 saturated heterocycles. The van der Waals surface area contributed by atoms with Crippen LogP contribution in [0.5, 0.6) is 5.75 Å². The van der Waals surface area contributed by atoms with Crippen molar-refractivity contribution in [3.63, 3.8) is 0 Å². The maximum Gasteiger partial charge on any atom is 0.573 e. The van der Waals surface area contributed by atoms with E-state index in [0.29, 0.717) is 33.2 Å². The van der Waals surface area contributed by atoms with E-state index in [-0.39, 0.29) is 18.0 Å². The number of anilines is 1. The zero-order valence-corrected chi connectivity index (χ0v) is 19.3. The summed E-state index contributed by atoms with van der Waals surface area (Å²) in [7, 11) is 2.01. The van der Waals surface area contributed by atoms with Gasteiger partial charge in [0.1, 0.15) is 19.4 Å². The first kappa shape index (κ1) is 24.8. The highest BCUT2D eigenvalue weighted by molar-refractivity contribution is 7.89. The lowest BCUT2D eigenvalue weighted by Crippen LogP contribution is -2.29. The number of hydrogen-bond acceptors (Lipinski definition) is 6. The van der Waals surface area contributed by atoms with Gasteiger partial charge in [0.05, 0.1) is 10.6 Å². The zero-order valence-electron chi connectivity index (χ0n) is 17.8. The van der Waals surface area contributed by atoms with E-state index >= 15 is 0 Å². The predicted molar refractivity (Wildman–Crippen MR) is 126 cm³/mol. The molecule has 0 aliphatic heterocycles. The fourth-order valence-corrected chi connectivity index (χ4v) is 4.46. The van der Waals surface area contributed by atoms with Gasteiger partial charge in [-0.05, 0) is 35.8 Å². The fraction of sp³-hybridized carbons (Fsp3) is 0.143. The Balaban J connectivity index is 1.46. The molecule has 2 radical (unpaired) electrons. The number of fused-ring (bicyclic) bond motifs is 1. The normalized spacial score (nSPS) is 12.1. The molecule has 0 unspecified atom stereocenters. The minimum atomic E-state index is -4.87. The molecule has 0 bridgehead atoms. The van der Waals surface area contributed by atoms with Crippen LogP contribution in [-0.4, -0.2) is 50.3 Å². The first-order chi connectivity index (χ1) is 16.5. The third-order valence-corrected chi connectivity index (χ3v) is 6.55. The van der Waals surface area contributed by atoms with Crippen LogP contribution in [-0.2, 0) is 10.0 Å². The molecule has 180 valence electrons. The van der Waals surface area contributed by atoms with Crippen molar-refractivity contribution >= 4 is 46.4 Å². The summed E-state index contributed by atoms with van der Waals surface area (Å²) in [4.78, 5) is 4.31. The van der Waals surface area contributed by atoms with Gasteiger partial charge in [0, 0.05) is 35.9 Å². The molecule has 0 spiro atoms. The number of nitrogens with zero attached hydrogens (tertiary/aromatic N) is 3. The van der Waals surface area contributed by atoms with Crippen LogP contribution in [0, 0.1) is 0 Å². The van der Waals surface area contributed by atoms with Crippen LogP contribution in [0.3, 0.4) is 0 Å². The standard InChI is InChI=1S/C21H16BClF3N5O3S/c22-16-12-28-31-19(11-18(30-20(16)31)15-3-1-2-4-17(15)23)27-9-10-29-35(32,33)14-7-5-13(6-8-14)34-21(24,25)26/h1-8,11-12,27,29H,9-10H2. The second kappa shape index (κ2) is 9.76. The van der Waals surface area contributed by atoms with Crippen molar-refractivity contribution < 1.29 is 26.3 Å². The molecular formula is C21H16BClF3N5O3S. The van der Waals surface area contributed by atoms with E-state index in [1.54, 1.807) is 24.3 Å². The molecule has 0 saturated carbocycles. The van der Waals surface area contributed by atoms with Crippen LogP contribution < -0.4 is 20.2 Å². The number of ether oxygens (including phenoxy) is 1. The Morgan fingerprint density at radius 1 is 1.09 bits per heavy atom. The quantitative estimate of drug-likeness (QED) is 0.273. The molecule has 0 aliphatic rings. The van der Waals surface area contributed by atoms with Gasteiger partial charge >= 0.3 is 6.36 Å². The summed E-state index contributed by atoms with van der Waals surface area (Å²) in [6, 6.07) is 12.7.